The van der Waals surface area contributed by atoms with Gasteiger partial charge in [0.2, 0.25) is 0 Å². The highest BCUT2D eigenvalue weighted by atomic mass is 16.5. The minimum Gasteiger partial charge on any atom is -0.496 e. The maximum Gasteiger partial charge on any atom is 0.314 e. The highest BCUT2D eigenvalue weighted by Crippen LogP contribution is 2.49. The van der Waals surface area contributed by atoms with Crippen LogP contribution in [0.4, 0.5) is 0 Å². The molecule has 2 rings (SSSR count). The molecule has 0 amide bonds. The van der Waals surface area contributed by atoms with Crippen molar-refractivity contribution in [2.24, 2.45) is 0 Å². The van der Waals surface area contributed by atoms with Crippen LogP contribution < -0.4 is 4.74 Å². The van der Waals surface area contributed by atoms with Gasteiger partial charge in [0.05, 0.1) is 19.1 Å². The zero-order valence-electron chi connectivity index (χ0n) is 9.06. The molecule has 0 bridgehead atoms. The van der Waals surface area contributed by atoms with Gasteiger partial charge in [0.25, 0.3) is 0 Å². The summed E-state index contributed by atoms with van der Waals surface area (Å²) in [6.45, 7) is -0.146. The molecule has 2 N–H and O–H groups in total. The van der Waals surface area contributed by atoms with Crippen molar-refractivity contribution in [2.75, 3.05) is 7.11 Å². The van der Waals surface area contributed by atoms with Crippen LogP contribution in [0.2, 0.25) is 0 Å². The number of aliphatic hydroxyl groups excluding tert-OH is 1. The van der Waals surface area contributed by atoms with E-state index in [0.29, 0.717) is 24.2 Å². The predicted octanol–water partition coefficient (Wildman–Crippen LogP) is 1.30. The summed E-state index contributed by atoms with van der Waals surface area (Å²) in [5, 5.41) is 18.3. The second-order valence-electron chi connectivity index (χ2n) is 4.07. The Labute approximate surface area is 93.5 Å². The van der Waals surface area contributed by atoms with Crippen LogP contribution in [0.5, 0.6) is 5.75 Å². The average molecular weight is 222 g/mol. The van der Waals surface area contributed by atoms with E-state index in [-0.39, 0.29) is 6.61 Å². The van der Waals surface area contributed by atoms with Crippen molar-refractivity contribution in [3.05, 3.63) is 29.3 Å². The van der Waals surface area contributed by atoms with Crippen molar-refractivity contribution in [3.63, 3.8) is 0 Å². The highest BCUT2D eigenvalue weighted by Gasteiger charge is 2.51. The molecule has 0 atom stereocenters. The zero-order chi connectivity index (χ0) is 11.8. The summed E-state index contributed by atoms with van der Waals surface area (Å²) in [6, 6.07) is 5.20. The van der Waals surface area contributed by atoms with E-state index in [1.165, 1.54) is 7.11 Å². The predicted molar refractivity (Wildman–Crippen MR) is 57.5 cm³/mol. The molecule has 4 heteroatoms. The zero-order valence-corrected chi connectivity index (χ0v) is 9.06. The lowest BCUT2D eigenvalue weighted by atomic mass is 9.94. The third-order valence-corrected chi connectivity index (χ3v) is 3.16. The molecular weight excluding hydrogens is 208 g/mol. The van der Waals surface area contributed by atoms with Crippen molar-refractivity contribution in [3.8, 4) is 5.75 Å². The summed E-state index contributed by atoms with van der Waals surface area (Å²) in [4.78, 5) is 11.1. The van der Waals surface area contributed by atoms with Gasteiger partial charge in [-0.3, -0.25) is 4.79 Å². The number of hydrogen-bond acceptors (Lipinski definition) is 3. The van der Waals surface area contributed by atoms with Crippen molar-refractivity contribution >= 4 is 5.97 Å². The number of carbonyl (C=O) groups is 1. The number of benzene rings is 1. The largest absolute Gasteiger partial charge is 0.496 e. The van der Waals surface area contributed by atoms with E-state index in [1.807, 2.05) is 0 Å². The maximum atomic E-state index is 11.1. The monoisotopic (exact) mass is 222 g/mol. The van der Waals surface area contributed by atoms with Gasteiger partial charge in [-0.2, -0.15) is 0 Å². The molecule has 0 saturated heterocycles. The summed E-state index contributed by atoms with van der Waals surface area (Å²) in [5.41, 5.74) is 0.660. The Balaban J connectivity index is 2.40. The summed E-state index contributed by atoms with van der Waals surface area (Å²) < 4.78 is 5.08. The molecule has 1 aromatic carbocycles. The van der Waals surface area contributed by atoms with E-state index in [9.17, 15) is 9.90 Å². The fourth-order valence-corrected chi connectivity index (χ4v) is 1.95. The molecule has 1 aliphatic carbocycles. The molecule has 0 aliphatic heterocycles. The van der Waals surface area contributed by atoms with Gasteiger partial charge >= 0.3 is 5.97 Å². The van der Waals surface area contributed by atoms with E-state index in [2.05, 4.69) is 0 Å². The minimum absolute atomic E-state index is 0.146. The van der Waals surface area contributed by atoms with Crippen LogP contribution in [-0.2, 0) is 16.8 Å². The van der Waals surface area contributed by atoms with Gasteiger partial charge in [0, 0.05) is 5.56 Å². The van der Waals surface area contributed by atoms with Gasteiger partial charge in [0.1, 0.15) is 5.75 Å². The number of carboxylic acid groups (broad SMARTS) is 1. The fraction of sp³-hybridized carbons (Fsp3) is 0.417. The first kappa shape index (κ1) is 11.0. The number of ether oxygens (including phenoxy) is 1. The van der Waals surface area contributed by atoms with Crippen LogP contribution in [0.25, 0.3) is 0 Å². The first-order valence-electron chi connectivity index (χ1n) is 5.16. The Hall–Kier alpha value is -1.55. The Morgan fingerprint density at radius 1 is 1.50 bits per heavy atom. The van der Waals surface area contributed by atoms with Crippen molar-refractivity contribution < 1.29 is 19.7 Å². The van der Waals surface area contributed by atoms with E-state index in [1.54, 1.807) is 18.2 Å². The SMILES string of the molecule is COc1ccc(C2(C(=O)O)CC2)cc1CO. The molecule has 4 nitrogen and oxygen atoms in total. The van der Waals surface area contributed by atoms with Crippen LogP contribution in [0.1, 0.15) is 24.0 Å². The lowest BCUT2D eigenvalue weighted by Crippen LogP contribution is -2.19. The molecule has 0 spiro atoms. The van der Waals surface area contributed by atoms with E-state index in [0.717, 1.165) is 5.56 Å². The third kappa shape index (κ3) is 1.55. The number of aliphatic carboxylic acids is 1. The van der Waals surface area contributed by atoms with Crippen LogP contribution >= 0.6 is 0 Å². The molecule has 1 aliphatic rings. The lowest BCUT2D eigenvalue weighted by Gasteiger charge is -2.13. The first-order chi connectivity index (χ1) is 7.64. The number of aliphatic hydroxyl groups is 1. The molecule has 1 saturated carbocycles. The van der Waals surface area contributed by atoms with Gasteiger partial charge < -0.3 is 14.9 Å². The Bertz CT molecular complexity index is 421. The lowest BCUT2D eigenvalue weighted by molar-refractivity contribution is -0.140. The van der Waals surface area contributed by atoms with Gasteiger partial charge in [-0.15, -0.1) is 0 Å². The third-order valence-electron chi connectivity index (χ3n) is 3.16. The first-order valence-corrected chi connectivity index (χ1v) is 5.16. The second-order valence-corrected chi connectivity index (χ2v) is 4.07. The summed E-state index contributed by atoms with van der Waals surface area (Å²) >= 11 is 0. The molecular formula is C12H14O4. The fourth-order valence-electron chi connectivity index (χ4n) is 1.95. The molecule has 0 radical (unpaired) electrons. The molecule has 1 aromatic rings. The average Bonchev–Trinajstić information content (AvgIpc) is 3.09. The number of methoxy groups -OCH3 is 1. The van der Waals surface area contributed by atoms with Crippen molar-refractivity contribution in [2.45, 2.75) is 24.9 Å². The minimum atomic E-state index is -0.790. The standard InChI is InChI=1S/C12H14O4/c1-16-10-3-2-9(6-8(10)7-13)12(4-5-12)11(14)15/h2-3,6,13H,4-5,7H2,1H3,(H,14,15). The smallest absolute Gasteiger partial charge is 0.314 e. The number of hydrogen-bond donors (Lipinski definition) is 2. The number of carboxylic acids is 1. The van der Waals surface area contributed by atoms with Crippen LogP contribution in [-0.4, -0.2) is 23.3 Å². The molecule has 16 heavy (non-hydrogen) atoms. The Morgan fingerprint density at radius 3 is 2.62 bits per heavy atom. The molecule has 86 valence electrons. The summed E-state index contributed by atoms with van der Waals surface area (Å²) in [6.07, 6.45) is 1.33. The van der Waals surface area contributed by atoms with Crippen molar-refractivity contribution in [1.82, 2.24) is 0 Å². The normalized spacial score (nSPS) is 16.9. The van der Waals surface area contributed by atoms with Gasteiger partial charge in [0.15, 0.2) is 0 Å². The summed E-state index contributed by atoms with van der Waals surface area (Å²) in [5.74, 6) is -0.200. The molecule has 1 fully saturated rings. The quantitative estimate of drug-likeness (QED) is 0.805. The van der Waals surface area contributed by atoms with Gasteiger partial charge in [-0.05, 0) is 30.5 Å². The second kappa shape index (κ2) is 3.79. The maximum absolute atomic E-state index is 11.1. The van der Waals surface area contributed by atoms with Crippen molar-refractivity contribution in [1.29, 1.82) is 0 Å². The van der Waals surface area contributed by atoms with E-state index >= 15 is 0 Å². The number of rotatable bonds is 4. The van der Waals surface area contributed by atoms with E-state index in [4.69, 9.17) is 9.84 Å². The topological polar surface area (TPSA) is 66.8 Å². The molecule has 0 aromatic heterocycles. The van der Waals surface area contributed by atoms with Crippen LogP contribution in [0, 0.1) is 0 Å². The Kier molecular flexibility index (Phi) is 2.59. The van der Waals surface area contributed by atoms with Gasteiger partial charge in [-0.25, -0.2) is 0 Å². The summed E-state index contributed by atoms with van der Waals surface area (Å²) in [7, 11) is 1.53. The Morgan fingerprint density at radius 2 is 2.19 bits per heavy atom. The molecule has 0 heterocycles. The highest BCUT2D eigenvalue weighted by molar-refractivity contribution is 5.85. The van der Waals surface area contributed by atoms with Crippen LogP contribution in [0.3, 0.4) is 0 Å². The molecule has 0 unspecified atom stereocenters. The van der Waals surface area contributed by atoms with Crippen LogP contribution in [0.15, 0.2) is 18.2 Å². The van der Waals surface area contributed by atoms with E-state index < -0.39 is 11.4 Å². The van der Waals surface area contributed by atoms with Gasteiger partial charge in [-0.1, -0.05) is 6.07 Å².